The molecule has 1 atom stereocenters. The van der Waals surface area contributed by atoms with Gasteiger partial charge in [0.2, 0.25) is 5.78 Å². The van der Waals surface area contributed by atoms with Gasteiger partial charge in [0.05, 0.1) is 13.6 Å². The van der Waals surface area contributed by atoms with Crippen molar-refractivity contribution in [1.29, 1.82) is 0 Å². The monoisotopic (exact) mass is 402 g/mol. The first-order chi connectivity index (χ1) is 13.7. The lowest BCUT2D eigenvalue weighted by molar-refractivity contribution is -0.862. The van der Waals surface area contributed by atoms with Gasteiger partial charge in [0.1, 0.15) is 17.9 Å². The van der Waals surface area contributed by atoms with Crippen molar-refractivity contribution in [1.82, 2.24) is 14.0 Å². The molecule has 0 aliphatic heterocycles. The molecule has 1 amide bonds. The maximum atomic E-state index is 12.9. The number of amides is 1. The van der Waals surface area contributed by atoms with E-state index in [1.54, 1.807) is 28.1 Å². The van der Waals surface area contributed by atoms with Crippen molar-refractivity contribution in [3.63, 3.8) is 0 Å². The van der Waals surface area contributed by atoms with Gasteiger partial charge in [-0.2, -0.15) is 0 Å². The van der Waals surface area contributed by atoms with E-state index in [9.17, 15) is 19.2 Å². The van der Waals surface area contributed by atoms with Crippen LogP contribution in [0.5, 0.6) is 0 Å². The number of aromatic nitrogens is 2. The summed E-state index contributed by atoms with van der Waals surface area (Å²) in [7, 11) is 4.96. The molecule has 0 aliphatic carbocycles. The average molecular weight is 402 g/mol. The molecule has 156 valence electrons. The number of Topliss-reactive ketones (excluding diaryl/α,β-unsaturated/α-hetero) is 1. The summed E-state index contributed by atoms with van der Waals surface area (Å²) in [6.45, 7) is 1.94. The molecular formula is C20H28N5O4+. The molecule has 29 heavy (non-hydrogen) atoms. The molecule has 2 rings (SSSR count). The lowest BCUT2D eigenvalue weighted by atomic mass is 10.1. The molecule has 0 spiro atoms. The van der Waals surface area contributed by atoms with Gasteiger partial charge in [-0.15, -0.1) is 0 Å². The van der Waals surface area contributed by atoms with Crippen molar-refractivity contribution >= 4 is 17.5 Å². The van der Waals surface area contributed by atoms with Crippen molar-refractivity contribution in [2.24, 2.45) is 0 Å². The van der Waals surface area contributed by atoms with Crippen LogP contribution < -0.4 is 21.9 Å². The second-order valence-corrected chi connectivity index (χ2v) is 7.19. The minimum atomic E-state index is -0.698. The van der Waals surface area contributed by atoms with Gasteiger partial charge in [-0.25, -0.2) is 4.79 Å². The second kappa shape index (κ2) is 9.33. The lowest BCUT2D eigenvalue weighted by Gasteiger charge is -2.18. The summed E-state index contributed by atoms with van der Waals surface area (Å²) >= 11 is 0. The van der Waals surface area contributed by atoms with Crippen LogP contribution in [0.15, 0.2) is 39.9 Å². The molecule has 0 bridgehead atoms. The van der Waals surface area contributed by atoms with E-state index < -0.39 is 17.0 Å². The first-order valence-corrected chi connectivity index (χ1v) is 9.39. The highest BCUT2D eigenvalue weighted by Gasteiger charge is 2.25. The Morgan fingerprint density at radius 1 is 1.07 bits per heavy atom. The predicted octanol–water partition coefficient (Wildman–Crippen LogP) is -1.55. The molecule has 2 aromatic rings. The fourth-order valence-corrected chi connectivity index (χ4v) is 3.02. The summed E-state index contributed by atoms with van der Waals surface area (Å²) in [4.78, 5) is 52.3. The highest BCUT2D eigenvalue weighted by atomic mass is 16.2. The summed E-state index contributed by atoms with van der Waals surface area (Å²) in [6, 6.07) is 9.18. The van der Waals surface area contributed by atoms with Crippen molar-refractivity contribution in [2.75, 3.05) is 40.0 Å². The fourth-order valence-electron chi connectivity index (χ4n) is 3.02. The summed E-state index contributed by atoms with van der Waals surface area (Å²) < 4.78 is 2.25. The number of likely N-dealkylation sites (N-methyl/N-ethyl adjacent to an activating group) is 2. The number of ketones is 1. The van der Waals surface area contributed by atoms with E-state index in [4.69, 9.17) is 5.73 Å². The molecule has 0 fully saturated rings. The van der Waals surface area contributed by atoms with Crippen molar-refractivity contribution in [3.05, 3.63) is 62.3 Å². The second-order valence-electron chi connectivity index (χ2n) is 7.19. The smallest absolute Gasteiger partial charge is 0.332 e. The van der Waals surface area contributed by atoms with Gasteiger partial charge in [0, 0.05) is 20.6 Å². The van der Waals surface area contributed by atoms with Gasteiger partial charge in [0.15, 0.2) is 6.54 Å². The number of carbonyl (C=O) groups is 2. The minimum Gasteiger partial charge on any atom is -0.384 e. The van der Waals surface area contributed by atoms with Crippen LogP contribution in [0.25, 0.3) is 0 Å². The third-order valence-corrected chi connectivity index (χ3v) is 4.66. The molecule has 1 unspecified atom stereocenters. The molecule has 1 aromatic heterocycles. The Balaban J connectivity index is 2.44. The van der Waals surface area contributed by atoms with Crippen LogP contribution in [0.3, 0.4) is 0 Å². The van der Waals surface area contributed by atoms with E-state index in [0.29, 0.717) is 4.90 Å². The van der Waals surface area contributed by atoms with Crippen LogP contribution in [0, 0.1) is 0 Å². The Morgan fingerprint density at radius 2 is 1.69 bits per heavy atom. The number of nitrogens with two attached hydrogens (primary N) is 1. The first-order valence-electron chi connectivity index (χ1n) is 9.39. The normalized spacial score (nSPS) is 11.9. The fraction of sp³-hybridized carbons (Fsp3) is 0.400. The van der Waals surface area contributed by atoms with E-state index in [2.05, 4.69) is 0 Å². The third kappa shape index (κ3) is 5.00. The molecule has 9 nitrogen and oxygen atoms in total. The zero-order valence-corrected chi connectivity index (χ0v) is 17.3. The van der Waals surface area contributed by atoms with Gasteiger partial charge in [-0.3, -0.25) is 23.5 Å². The molecule has 0 radical (unpaired) electrons. The van der Waals surface area contributed by atoms with E-state index in [1.165, 1.54) is 9.47 Å². The number of hydrogen-bond donors (Lipinski definition) is 2. The molecule has 9 heteroatoms. The lowest BCUT2D eigenvalue weighted by Crippen LogP contribution is -3.11. The maximum absolute atomic E-state index is 12.9. The minimum absolute atomic E-state index is 0.0910. The van der Waals surface area contributed by atoms with E-state index in [-0.39, 0.29) is 43.5 Å². The topological polar surface area (TPSA) is 112 Å². The Morgan fingerprint density at radius 3 is 2.24 bits per heavy atom. The number of nitrogens with one attached hydrogen (secondary N) is 1. The Labute approximate surface area is 169 Å². The van der Waals surface area contributed by atoms with E-state index in [1.807, 2.05) is 30.3 Å². The van der Waals surface area contributed by atoms with Gasteiger partial charge >= 0.3 is 5.69 Å². The molecule has 0 aliphatic rings. The Hall–Kier alpha value is -3.20. The van der Waals surface area contributed by atoms with Gasteiger partial charge < -0.3 is 15.5 Å². The quantitative estimate of drug-likeness (QED) is 0.519. The number of quaternary nitrogens is 1. The van der Waals surface area contributed by atoms with Crippen LogP contribution in [-0.2, 0) is 17.9 Å². The highest BCUT2D eigenvalue weighted by Crippen LogP contribution is 2.09. The summed E-state index contributed by atoms with van der Waals surface area (Å²) in [6.07, 6.45) is 0. The van der Waals surface area contributed by atoms with Gasteiger partial charge in [0.25, 0.3) is 11.5 Å². The first kappa shape index (κ1) is 22.1. The average Bonchev–Trinajstić information content (AvgIpc) is 2.66. The predicted molar refractivity (Wildman–Crippen MR) is 110 cm³/mol. The van der Waals surface area contributed by atoms with Crippen molar-refractivity contribution < 1.29 is 14.5 Å². The van der Waals surface area contributed by atoms with E-state index in [0.717, 1.165) is 10.1 Å². The Bertz CT molecular complexity index is 1010. The third-order valence-electron chi connectivity index (χ3n) is 4.66. The number of anilines is 1. The number of nitrogens with zero attached hydrogens (tertiary/aromatic N) is 3. The molecule has 1 heterocycles. The summed E-state index contributed by atoms with van der Waals surface area (Å²) in [5, 5.41) is 0. The Kier molecular flexibility index (Phi) is 7.11. The summed E-state index contributed by atoms with van der Waals surface area (Å²) in [5.41, 5.74) is 5.48. The molecular weight excluding hydrogens is 374 g/mol. The van der Waals surface area contributed by atoms with Crippen molar-refractivity contribution in [2.45, 2.75) is 20.0 Å². The standard InChI is InChI=1S/C20H27N5O4/c1-5-24-19(28)17(15(26)12-23(4)13-16(27)22(2)3)18(21)25(20(24)29)11-14-9-7-6-8-10-14/h6-10H,5,11-13,21H2,1-4H3/p+1. The zero-order valence-electron chi connectivity index (χ0n) is 17.3. The van der Waals surface area contributed by atoms with E-state index >= 15 is 0 Å². The highest BCUT2D eigenvalue weighted by molar-refractivity contribution is 6.00. The van der Waals surface area contributed by atoms with Crippen LogP contribution in [-0.4, -0.2) is 60.0 Å². The van der Waals surface area contributed by atoms with Crippen LogP contribution in [0.4, 0.5) is 5.82 Å². The van der Waals surface area contributed by atoms with Crippen molar-refractivity contribution in [3.8, 4) is 0 Å². The number of nitrogen functional groups attached to an aromatic ring is 1. The molecule has 0 saturated heterocycles. The molecule has 1 aromatic carbocycles. The number of hydrogen-bond acceptors (Lipinski definition) is 5. The SMILES string of the molecule is CCn1c(=O)c(C(=O)C[NH+](C)CC(=O)N(C)C)c(N)n(Cc2ccccc2)c1=O. The number of benzene rings is 1. The number of carbonyl (C=O) groups excluding carboxylic acids is 2. The van der Waals surface area contributed by atoms with Gasteiger partial charge in [-0.05, 0) is 12.5 Å². The maximum Gasteiger partial charge on any atom is 0.332 e. The summed E-state index contributed by atoms with van der Waals surface area (Å²) in [5.74, 6) is -0.783. The largest absolute Gasteiger partial charge is 0.384 e. The van der Waals surface area contributed by atoms with Gasteiger partial charge in [-0.1, -0.05) is 30.3 Å². The zero-order chi connectivity index (χ0) is 21.7. The molecule has 3 N–H and O–H groups in total. The van der Waals surface area contributed by atoms with Crippen LogP contribution in [0.1, 0.15) is 22.8 Å². The van der Waals surface area contributed by atoms with Crippen LogP contribution >= 0.6 is 0 Å². The van der Waals surface area contributed by atoms with Crippen LogP contribution in [0.2, 0.25) is 0 Å². The molecule has 0 saturated carbocycles. The number of rotatable bonds is 8.